The van der Waals surface area contributed by atoms with Gasteiger partial charge in [-0.2, -0.15) is 0 Å². The molecule has 0 atom stereocenters. The Morgan fingerprint density at radius 3 is 2.55 bits per heavy atom. The lowest BCUT2D eigenvalue weighted by Gasteiger charge is -2.12. The van der Waals surface area contributed by atoms with Crippen LogP contribution in [0.25, 0.3) is 0 Å². The summed E-state index contributed by atoms with van der Waals surface area (Å²) in [5.74, 6) is 0.509. The lowest BCUT2D eigenvalue weighted by molar-refractivity contribution is 0.232. The number of rotatable bonds is 4. The van der Waals surface area contributed by atoms with Crippen LogP contribution in [0.4, 0.5) is 5.69 Å². The normalized spacial score (nSPS) is 10.8. The van der Waals surface area contributed by atoms with Gasteiger partial charge in [-0.25, -0.2) is 4.98 Å². The highest BCUT2D eigenvalue weighted by atomic mass is 32.2. The van der Waals surface area contributed by atoms with Gasteiger partial charge >= 0.3 is 0 Å². The molecule has 0 unspecified atom stereocenters. The van der Waals surface area contributed by atoms with Crippen molar-refractivity contribution >= 4 is 17.4 Å². The summed E-state index contributed by atoms with van der Waals surface area (Å²) in [5.41, 5.74) is 8.97. The molecule has 2 N–H and O–H groups in total. The number of nitrogens with two attached hydrogens (primary N) is 1. The first-order chi connectivity index (χ1) is 9.45. The SMILES string of the molecule is Cc1ccc(Sc2ccc(N)c(OC(C)C)n2)c(C)c1. The summed E-state index contributed by atoms with van der Waals surface area (Å²) in [6.45, 7) is 8.13. The molecule has 0 aliphatic heterocycles. The Labute approximate surface area is 124 Å². The van der Waals surface area contributed by atoms with Crippen LogP contribution in [0.2, 0.25) is 0 Å². The van der Waals surface area contributed by atoms with Gasteiger partial charge in [-0.05, 0) is 51.5 Å². The first-order valence-corrected chi connectivity index (χ1v) is 7.45. The zero-order valence-electron chi connectivity index (χ0n) is 12.3. The molecule has 0 amide bonds. The zero-order chi connectivity index (χ0) is 14.7. The molecule has 0 fully saturated rings. The van der Waals surface area contributed by atoms with Crippen molar-refractivity contribution in [2.24, 2.45) is 0 Å². The fourth-order valence-electron chi connectivity index (χ4n) is 1.84. The summed E-state index contributed by atoms with van der Waals surface area (Å²) in [4.78, 5) is 5.68. The average molecular weight is 288 g/mol. The molecule has 1 heterocycles. The summed E-state index contributed by atoms with van der Waals surface area (Å²) in [6.07, 6.45) is 0.0613. The first-order valence-electron chi connectivity index (χ1n) is 6.64. The lowest BCUT2D eigenvalue weighted by Crippen LogP contribution is -2.09. The molecule has 0 radical (unpaired) electrons. The van der Waals surface area contributed by atoms with E-state index in [4.69, 9.17) is 10.5 Å². The summed E-state index contributed by atoms with van der Waals surface area (Å²) < 4.78 is 5.62. The third-order valence-corrected chi connectivity index (χ3v) is 3.87. The van der Waals surface area contributed by atoms with E-state index >= 15 is 0 Å². The van der Waals surface area contributed by atoms with Crippen LogP contribution in [0.1, 0.15) is 25.0 Å². The predicted molar refractivity (Wildman–Crippen MR) is 84.5 cm³/mol. The quantitative estimate of drug-likeness (QED) is 0.915. The maximum absolute atomic E-state index is 5.88. The Bertz CT molecular complexity index is 611. The van der Waals surface area contributed by atoms with Crippen LogP contribution in [0.15, 0.2) is 40.3 Å². The molecule has 0 aliphatic rings. The van der Waals surface area contributed by atoms with Crippen molar-refractivity contribution in [2.45, 2.75) is 43.7 Å². The number of aryl methyl sites for hydroxylation is 2. The van der Waals surface area contributed by atoms with E-state index < -0.39 is 0 Å². The van der Waals surface area contributed by atoms with E-state index in [1.807, 2.05) is 26.0 Å². The van der Waals surface area contributed by atoms with Gasteiger partial charge in [0.05, 0.1) is 11.8 Å². The Kier molecular flexibility index (Phi) is 4.55. The fourth-order valence-corrected chi connectivity index (χ4v) is 2.68. The molecular formula is C16H20N2OS. The molecule has 1 aromatic heterocycles. The Balaban J connectivity index is 2.25. The van der Waals surface area contributed by atoms with E-state index in [-0.39, 0.29) is 6.10 Å². The smallest absolute Gasteiger partial charge is 0.238 e. The molecule has 0 saturated carbocycles. The molecule has 0 spiro atoms. The standard InChI is InChI=1S/C16H20N2OS/c1-10(2)19-16-13(17)6-8-15(18-16)20-14-7-5-11(3)9-12(14)4/h5-10H,17H2,1-4H3. The van der Waals surface area contributed by atoms with E-state index in [9.17, 15) is 0 Å². The minimum atomic E-state index is 0.0613. The van der Waals surface area contributed by atoms with E-state index in [0.29, 0.717) is 11.6 Å². The van der Waals surface area contributed by atoms with Gasteiger partial charge < -0.3 is 10.5 Å². The van der Waals surface area contributed by atoms with E-state index in [0.717, 1.165) is 5.03 Å². The van der Waals surface area contributed by atoms with Gasteiger partial charge in [0.2, 0.25) is 5.88 Å². The van der Waals surface area contributed by atoms with Crippen LogP contribution < -0.4 is 10.5 Å². The molecule has 20 heavy (non-hydrogen) atoms. The minimum Gasteiger partial charge on any atom is -0.473 e. The fraction of sp³-hybridized carbons (Fsp3) is 0.312. The number of nitrogens with zero attached hydrogens (tertiary/aromatic N) is 1. The van der Waals surface area contributed by atoms with Crippen molar-refractivity contribution in [1.29, 1.82) is 0 Å². The number of ether oxygens (including phenoxy) is 1. The van der Waals surface area contributed by atoms with E-state index in [2.05, 4.69) is 37.0 Å². The largest absolute Gasteiger partial charge is 0.473 e. The maximum atomic E-state index is 5.88. The Morgan fingerprint density at radius 1 is 1.15 bits per heavy atom. The Morgan fingerprint density at radius 2 is 1.90 bits per heavy atom. The van der Waals surface area contributed by atoms with Gasteiger partial charge in [0.25, 0.3) is 0 Å². The Hall–Kier alpha value is -1.68. The van der Waals surface area contributed by atoms with Gasteiger partial charge in [-0.3, -0.25) is 0 Å². The van der Waals surface area contributed by atoms with Crippen LogP contribution in [-0.2, 0) is 0 Å². The van der Waals surface area contributed by atoms with Crippen molar-refractivity contribution < 1.29 is 4.74 Å². The monoisotopic (exact) mass is 288 g/mol. The summed E-state index contributed by atoms with van der Waals surface area (Å²) in [6, 6.07) is 10.2. The van der Waals surface area contributed by atoms with Crippen molar-refractivity contribution in [3.05, 3.63) is 41.5 Å². The molecule has 0 aliphatic carbocycles. The predicted octanol–water partition coefficient (Wildman–Crippen LogP) is 4.22. The minimum absolute atomic E-state index is 0.0613. The molecule has 3 nitrogen and oxygen atoms in total. The van der Waals surface area contributed by atoms with Gasteiger partial charge in [-0.15, -0.1) is 0 Å². The van der Waals surface area contributed by atoms with Crippen LogP contribution in [0, 0.1) is 13.8 Å². The molecule has 2 aromatic rings. The highest BCUT2D eigenvalue weighted by Crippen LogP contribution is 2.32. The average Bonchev–Trinajstić information content (AvgIpc) is 2.36. The van der Waals surface area contributed by atoms with Gasteiger partial charge in [0, 0.05) is 4.90 Å². The van der Waals surface area contributed by atoms with Gasteiger partial charge in [-0.1, -0.05) is 29.5 Å². The second kappa shape index (κ2) is 6.18. The van der Waals surface area contributed by atoms with Gasteiger partial charge in [0.1, 0.15) is 5.03 Å². The molecule has 0 bridgehead atoms. The van der Waals surface area contributed by atoms with Crippen molar-refractivity contribution in [3.63, 3.8) is 0 Å². The van der Waals surface area contributed by atoms with Crippen LogP contribution >= 0.6 is 11.8 Å². The molecular weight excluding hydrogens is 268 g/mol. The maximum Gasteiger partial charge on any atom is 0.238 e. The van der Waals surface area contributed by atoms with Crippen molar-refractivity contribution in [3.8, 4) is 5.88 Å². The number of pyridine rings is 1. The summed E-state index contributed by atoms with van der Waals surface area (Å²) in [5, 5.41) is 0.891. The number of anilines is 1. The van der Waals surface area contributed by atoms with Crippen LogP contribution in [0.3, 0.4) is 0 Å². The number of hydrogen-bond donors (Lipinski definition) is 1. The van der Waals surface area contributed by atoms with E-state index in [1.165, 1.54) is 16.0 Å². The highest BCUT2D eigenvalue weighted by Gasteiger charge is 2.08. The molecule has 0 saturated heterocycles. The first kappa shape index (κ1) is 14.7. The van der Waals surface area contributed by atoms with Gasteiger partial charge in [0.15, 0.2) is 0 Å². The van der Waals surface area contributed by atoms with Crippen LogP contribution in [-0.4, -0.2) is 11.1 Å². The molecule has 106 valence electrons. The third kappa shape index (κ3) is 3.67. The number of hydrogen-bond acceptors (Lipinski definition) is 4. The summed E-state index contributed by atoms with van der Waals surface area (Å²) >= 11 is 1.63. The second-order valence-electron chi connectivity index (χ2n) is 5.08. The zero-order valence-corrected chi connectivity index (χ0v) is 13.1. The molecule has 1 aromatic carbocycles. The second-order valence-corrected chi connectivity index (χ2v) is 6.14. The van der Waals surface area contributed by atoms with Crippen LogP contribution in [0.5, 0.6) is 5.88 Å². The van der Waals surface area contributed by atoms with Crippen molar-refractivity contribution in [1.82, 2.24) is 4.98 Å². The number of nitrogen functional groups attached to an aromatic ring is 1. The molecule has 4 heteroatoms. The number of aromatic nitrogens is 1. The third-order valence-electron chi connectivity index (χ3n) is 2.76. The number of benzene rings is 1. The van der Waals surface area contributed by atoms with Crippen molar-refractivity contribution in [2.75, 3.05) is 5.73 Å². The molecule has 2 rings (SSSR count). The summed E-state index contributed by atoms with van der Waals surface area (Å²) in [7, 11) is 0. The lowest BCUT2D eigenvalue weighted by atomic mass is 10.2. The topological polar surface area (TPSA) is 48.1 Å². The highest BCUT2D eigenvalue weighted by molar-refractivity contribution is 7.99. The van der Waals surface area contributed by atoms with E-state index in [1.54, 1.807) is 11.8 Å².